The van der Waals surface area contributed by atoms with Gasteiger partial charge in [0.05, 0.1) is 12.7 Å². The first-order chi connectivity index (χ1) is 21.0. The van der Waals surface area contributed by atoms with E-state index in [1.165, 1.54) is 109 Å². The van der Waals surface area contributed by atoms with Gasteiger partial charge in [0.15, 0.2) is 0 Å². The summed E-state index contributed by atoms with van der Waals surface area (Å²) in [6.07, 6.45) is 28.5. The number of hydrogen-bond acceptors (Lipinski definition) is 3. The summed E-state index contributed by atoms with van der Waals surface area (Å²) in [5.74, 6) is 5.46. The third-order valence-corrected chi connectivity index (χ3v) is 13.0. The van der Waals surface area contributed by atoms with Crippen molar-refractivity contribution in [1.29, 1.82) is 0 Å². The fourth-order valence-electron chi connectivity index (χ4n) is 10.4. The summed E-state index contributed by atoms with van der Waals surface area (Å²) >= 11 is 0. The fraction of sp³-hybridized carbons (Fsp3) is 0.925. The van der Waals surface area contributed by atoms with Crippen LogP contribution in [0.5, 0.6) is 0 Å². The minimum Gasteiger partial charge on any atom is -0.450 e. The van der Waals surface area contributed by atoms with Crippen LogP contribution >= 0.6 is 0 Å². The summed E-state index contributed by atoms with van der Waals surface area (Å²) in [5.41, 5.74) is 2.60. The highest BCUT2D eigenvalue weighted by Gasteiger charge is 2.59. The van der Waals surface area contributed by atoms with Crippen molar-refractivity contribution in [1.82, 2.24) is 0 Å². The van der Waals surface area contributed by atoms with E-state index in [9.17, 15) is 9.90 Å². The van der Waals surface area contributed by atoms with Crippen LogP contribution in [-0.4, -0.2) is 29.1 Å². The zero-order valence-corrected chi connectivity index (χ0v) is 29.9. The predicted octanol–water partition coefficient (Wildman–Crippen LogP) is 12.0. The van der Waals surface area contributed by atoms with Crippen molar-refractivity contribution in [3.63, 3.8) is 0 Å². The second-order valence-corrected chi connectivity index (χ2v) is 16.5. The van der Waals surface area contributed by atoms with Crippen LogP contribution in [0.4, 0.5) is 4.79 Å². The minimum atomic E-state index is -1.16. The molecule has 0 radical (unpaired) electrons. The van der Waals surface area contributed by atoms with E-state index in [4.69, 9.17) is 5.11 Å². The largest absolute Gasteiger partial charge is 0.505 e. The molecule has 0 heterocycles. The summed E-state index contributed by atoms with van der Waals surface area (Å²) < 4.78 is 4.43. The van der Waals surface area contributed by atoms with Crippen molar-refractivity contribution in [3.05, 3.63) is 11.6 Å². The van der Waals surface area contributed by atoms with Crippen LogP contribution in [0.25, 0.3) is 0 Å². The molecule has 0 saturated heterocycles. The van der Waals surface area contributed by atoms with Crippen LogP contribution in [0, 0.1) is 46.3 Å². The van der Waals surface area contributed by atoms with E-state index in [2.05, 4.69) is 52.4 Å². The molecule has 0 aromatic rings. The number of unbranched alkanes of at least 4 members (excludes halogenated alkanes) is 9. The second kappa shape index (κ2) is 18.3. The normalized spacial score (nSPS) is 33.4. The number of aliphatic hydroxyl groups excluding tert-OH is 1. The van der Waals surface area contributed by atoms with Gasteiger partial charge in [-0.05, 0) is 104 Å². The van der Waals surface area contributed by atoms with E-state index in [0.717, 1.165) is 61.2 Å². The first-order valence-electron chi connectivity index (χ1n) is 19.3. The number of carbonyl (C=O) groups is 1. The van der Waals surface area contributed by atoms with Crippen molar-refractivity contribution < 1.29 is 19.7 Å². The minimum absolute atomic E-state index is 0.0766. The topological polar surface area (TPSA) is 66.8 Å². The van der Waals surface area contributed by atoms with Crippen LogP contribution in [-0.2, 0) is 4.74 Å². The zero-order chi connectivity index (χ0) is 32.2. The highest BCUT2D eigenvalue weighted by molar-refractivity contribution is 5.56. The maximum Gasteiger partial charge on any atom is 0.505 e. The molecule has 0 aliphatic heterocycles. The van der Waals surface area contributed by atoms with Crippen LogP contribution in [0.2, 0.25) is 0 Å². The number of fused-ring (bicyclic) bond motifs is 5. The molecular formula is C40H72O4. The molecule has 44 heavy (non-hydrogen) atoms. The van der Waals surface area contributed by atoms with Gasteiger partial charge in [0.2, 0.25) is 0 Å². The number of aliphatic hydroxyl groups is 1. The molecule has 0 amide bonds. The lowest BCUT2D eigenvalue weighted by Gasteiger charge is -2.58. The fourth-order valence-corrected chi connectivity index (χ4v) is 10.4. The van der Waals surface area contributed by atoms with E-state index in [0.29, 0.717) is 17.4 Å². The highest BCUT2D eigenvalue weighted by atomic mass is 16.7. The molecule has 1 unspecified atom stereocenters. The molecule has 4 aliphatic carbocycles. The van der Waals surface area contributed by atoms with Gasteiger partial charge in [-0.3, -0.25) is 0 Å². The Morgan fingerprint density at radius 1 is 0.864 bits per heavy atom. The summed E-state index contributed by atoms with van der Waals surface area (Å²) in [5, 5.41) is 18.4. The first-order valence-corrected chi connectivity index (χ1v) is 19.3. The van der Waals surface area contributed by atoms with Gasteiger partial charge in [-0.15, -0.1) is 0 Å². The lowest BCUT2D eigenvalue weighted by Crippen LogP contribution is -2.50. The third-order valence-electron chi connectivity index (χ3n) is 13.0. The van der Waals surface area contributed by atoms with Crippen LogP contribution < -0.4 is 0 Å². The molecule has 8 atom stereocenters. The quantitative estimate of drug-likeness (QED) is 0.103. The number of allylic oxidation sites excluding steroid dienone is 1. The Balaban J connectivity index is 0.000000284. The van der Waals surface area contributed by atoms with Crippen LogP contribution in [0.3, 0.4) is 0 Å². The number of rotatable bonds is 16. The number of carboxylic acid groups (broad SMARTS) is 1. The van der Waals surface area contributed by atoms with Crippen molar-refractivity contribution in [2.45, 2.75) is 182 Å². The van der Waals surface area contributed by atoms with E-state index >= 15 is 0 Å². The molecule has 0 bridgehead atoms. The Morgan fingerprint density at radius 3 is 2.16 bits per heavy atom. The lowest BCUT2D eigenvalue weighted by atomic mass is 9.47. The molecule has 256 valence electrons. The SMILES string of the molecule is CC(C)CCCC(C)[C@H]1CC[C@H]2[C@@H]3CC=C4C[C@@H](O)CC[C@]4(C)[C@H]3CC[C@]12C.CCCCCCCCCCCCOC(=O)O. The van der Waals surface area contributed by atoms with Gasteiger partial charge in [0.1, 0.15) is 0 Å². The zero-order valence-electron chi connectivity index (χ0n) is 29.9. The smallest absolute Gasteiger partial charge is 0.450 e. The van der Waals surface area contributed by atoms with Crippen molar-refractivity contribution in [2.24, 2.45) is 46.3 Å². The highest BCUT2D eigenvalue weighted by Crippen LogP contribution is 2.67. The summed E-state index contributed by atoms with van der Waals surface area (Å²) in [6.45, 7) is 15.2. The Labute approximate surface area is 272 Å². The van der Waals surface area contributed by atoms with E-state index in [1.807, 2.05) is 0 Å². The average molecular weight is 617 g/mol. The maximum atomic E-state index is 10.2. The first kappa shape index (κ1) is 37.4. The molecule has 3 fully saturated rings. The summed E-state index contributed by atoms with van der Waals surface area (Å²) in [4.78, 5) is 10.0. The molecule has 0 spiro atoms. The molecule has 2 N–H and O–H groups in total. The Bertz CT molecular complexity index is 865. The molecule has 3 saturated carbocycles. The maximum absolute atomic E-state index is 10.2. The van der Waals surface area contributed by atoms with Crippen LogP contribution in [0.15, 0.2) is 11.6 Å². The van der Waals surface area contributed by atoms with Crippen molar-refractivity contribution >= 4 is 6.16 Å². The lowest BCUT2D eigenvalue weighted by molar-refractivity contribution is -0.0573. The second-order valence-electron chi connectivity index (χ2n) is 16.5. The number of ether oxygens (including phenoxy) is 1. The Hall–Kier alpha value is -1.03. The van der Waals surface area contributed by atoms with Crippen molar-refractivity contribution in [3.8, 4) is 0 Å². The van der Waals surface area contributed by atoms with Gasteiger partial charge in [0.25, 0.3) is 0 Å². The predicted molar refractivity (Wildman–Crippen MR) is 185 cm³/mol. The van der Waals surface area contributed by atoms with Gasteiger partial charge in [-0.1, -0.05) is 130 Å². The molecule has 4 nitrogen and oxygen atoms in total. The van der Waals surface area contributed by atoms with E-state index < -0.39 is 6.16 Å². The van der Waals surface area contributed by atoms with Crippen LogP contribution in [0.1, 0.15) is 176 Å². The number of hydrogen-bond donors (Lipinski definition) is 2. The monoisotopic (exact) mass is 617 g/mol. The third kappa shape index (κ3) is 10.2. The van der Waals surface area contributed by atoms with Gasteiger partial charge >= 0.3 is 6.16 Å². The van der Waals surface area contributed by atoms with E-state index in [-0.39, 0.29) is 6.10 Å². The van der Waals surface area contributed by atoms with Gasteiger partial charge in [0, 0.05) is 0 Å². The van der Waals surface area contributed by atoms with Crippen molar-refractivity contribution in [2.75, 3.05) is 6.61 Å². The Kier molecular flexibility index (Phi) is 15.6. The average Bonchev–Trinajstić information content (AvgIpc) is 3.33. The Morgan fingerprint density at radius 2 is 1.52 bits per heavy atom. The molecule has 0 aromatic carbocycles. The molecule has 4 heteroatoms. The molecule has 4 rings (SSSR count). The summed E-state index contributed by atoms with van der Waals surface area (Å²) in [6, 6.07) is 0. The van der Waals surface area contributed by atoms with Gasteiger partial charge in [-0.2, -0.15) is 0 Å². The van der Waals surface area contributed by atoms with Gasteiger partial charge in [-0.25, -0.2) is 4.79 Å². The van der Waals surface area contributed by atoms with E-state index in [1.54, 1.807) is 5.57 Å². The summed E-state index contributed by atoms with van der Waals surface area (Å²) in [7, 11) is 0. The van der Waals surface area contributed by atoms with Gasteiger partial charge < -0.3 is 14.9 Å². The molecular weight excluding hydrogens is 544 g/mol. The standard InChI is InChI=1S/C27H46O.C13H26O3/c1-18(2)7-6-8-19(3)23-11-12-24-22-10-9-20-17-21(28)13-15-26(20,4)25(22)14-16-27(23,24)5;1-2-3-4-5-6-7-8-9-10-11-12-16-13(14)15/h9,18-19,21-25,28H,6-8,10-17H2,1-5H3;2-12H2,1H3,(H,14,15)/t19?,21-,22-,23+,24-,25-,26-,27+;/m0./s1. The molecule has 4 aliphatic rings. The molecule has 0 aromatic heterocycles.